The van der Waals surface area contributed by atoms with E-state index in [1.54, 1.807) is 4.90 Å². The van der Waals surface area contributed by atoms with Gasteiger partial charge in [0.25, 0.3) is 0 Å². The van der Waals surface area contributed by atoms with Crippen LogP contribution in [0.25, 0.3) is 0 Å². The van der Waals surface area contributed by atoms with Crippen molar-refractivity contribution in [3.05, 3.63) is 22.7 Å². The number of rotatable bonds is 1. The van der Waals surface area contributed by atoms with Gasteiger partial charge in [0.15, 0.2) is 0 Å². The smallest absolute Gasteiger partial charge is 0.410 e. The molecule has 2 rings (SSSR count). The molecule has 1 aromatic rings. The Morgan fingerprint density at radius 1 is 1.23 bits per heavy atom. The summed E-state index contributed by atoms with van der Waals surface area (Å²) in [6, 6.07) is 5.91. The first-order valence-electron chi connectivity index (χ1n) is 7.54. The highest BCUT2D eigenvalue weighted by Gasteiger charge is 2.24. The number of ether oxygens (including phenoxy) is 1. The summed E-state index contributed by atoms with van der Waals surface area (Å²) in [6.07, 6.45) is 0.660. The molecule has 2 N–H and O–H groups in total. The van der Waals surface area contributed by atoms with E-state index in [0.29, 0.717) is 13.1 Å². The summed E-state index contributed by atoms with van der Waals surface area (Å²) in [4.78, 5) is 16.2. The Balaban J connectivity index is 2.02. The van der Waals surface area contributed by atoms with Gasteiger partial charge in [0.1, 0.15) is 5.60 Å². The number of carbonyl (C=O) groups is 1. The molecule has 1 saturated heterocycles. The third-order valence-corrected chi connectivity index (χ3v) is 3.97. The van der Waals surface area contributed by atoms with Crippen LogP contribution in [-0.2, 0) is 4.74 Å². The summed E-state index contributed by atoms with van der Waals surface area (Å²) in [7, 11) is 0. The van der Waals surface area contributed by atoms with Crippen LogP contribution in [0.3, 0.4) is 0 Å². The van der Waals surface area contributed by atoms with Gasteiger partial charge < -0.3 is 20.3 Å². The van der Waals surface area contributed by atoms with Gasteiger partial charge in [-0.1, -0.05) is 15.9 Å². The number of nitrogens with two attached hydrogens (primary N) is 1. The minimum atomic E-state index is -0.459. The molecule has 5 nitrogen and oxygen atoms in total. The second-order valence-electron chi connectivity index (χ2n) is 6.51. The van der Waals surface area contributed by atoms with Crippen molar-refractivity contribution in [1.29, 1.82) is 0 Å². The Hall–Kier alpha value is -1.43. The van der Waals surface area contributed by atoms with Crippen molar-refractivity contribution in [3.63, 3.8) is 0 Å². The molecule has 6 heteroatoms. The number of benzene rings is 1. The molecular weight excluding hydrogens is 346 g/mol. The lowest BCUT2D eigenvalue weighted by Gasteiger charge is -2.27. The number of anilines is 2. The van der Waals surface area contributed by atoms with Crippen molar-refractivity contribution in [2.45, 2.75) is 32.8 Å². The lowest BCUT2D eigenvalue weighted by atomic mass is 10.2. The summed E-state index contributed by atoms with van der Waals surface area (Å²) in [5.41, 5.74) is 7.42. The minimum Gasteiger partial charge on any atom is -0.444 e. The van der Waals surface area contributed by atoms with Gasteiger partial charge in [-0.2, -0.15) is 0 Å². The summed E-state index contributed by atoms with van der Waals surface area (Å²) in [5.74, 6) is 0. The molecule has 0 saturated carbocycles. The number of nitrogen functional groups attached to an aromatic ring is 1. The second-order valence-corrected chi connectivity index (χ2v) is 7.43. The molecule has 122 valence electrons. The maximum atomic E-state index is 12.2. The molecule has 0 radical (unpaired) electrons. The maximum absolute atomic E-state index is 12.2. The average Bonchev–Trinajstić information content (AvgIpc) is 2.62. The van der Waals surface area contributed by atoms with Crippen LogP contribution >= 0.6 is 15.9 Å². The molecule has 0 atom stereocenters. The molecule has 22 heavy (non-hydrogen) atoms. The molecule has 1 aromatic carbocycles. The average molecular weight is 370 g/mol. The fraction of sp³-hybridized carbons (Fsp3) is 0.562. The number of hydrogen-bond donors (Lipinski definition) is 1. The Morgan fingerprint density at radius 3 is 2.59 bits per heavy atom. The maximum Gasteiger partial charge on any atom is 0.410 e. The molecule has 1 amide bonds. The zero-order chi connectivity index (χ0) is 16.3. The molecule has 0 aromatic heterocycles. The van der Waals surface area contributed by atoms with Crippen molar-refractivity contribution in [3.8, 4) is 0 Å². The van der Waals surface area contributed by atoms with Crippen LogP contribution < -0.4 is 10.6 Å². The highest BCUT2D eigenvalue weighted by Crippen LogP contribution is 2.27. The summed E-state index contributed by atoms with van der Waals surface area (Å²) in [5, 5.41) is 0. The van der Waals surface area contributed by atoms with Crippen LogP contribution in [0.4, 0.5) is 16.2 Å². The van der Waals surface area contributed by atoms with E-state index in [1.807, 2.05) is 39.0 Å². The van der Waals surface area contributed by atoms with Crippen molar-refractivity contribution >= 4 is 33.4 Å². The number of hydrogen-bond acceptors (Lipinski definition) is 4. The minimum absolute atomic E-state index is 0.238. The molecule has 0 spiro atoms. The monoisotopic (exact) mass is 369 g/mol. The van der Waals surface area contributed by atoms with E-state index in [-0.39, 0.29) is 6.09 Å². The van der Waals surface area contributed by atoms with Gasteiger partial charge >= 0.3 is 6.09 Å². The Morgan fingerprint density at radius 2 is 1.95 bits per heavy atom. The van der Waals surface area contributed by atoms with Crippen LogP contribution in [-0.4, -0.2) is 42.8 Å². The van der Waals surface area contributed by atoms with Crippen molar-refractivity contribution in [2.24, 2.45) is 0 Å². The van der Waals surface area contributed by atoms with E-state index in [4.69, 9.17) is 10.5 Å². The molecule has 0 unspecified atom stereocenters. The van der Waals surface area contributed by atoms with Gasteiger partial charge in [-0.25, -0.2) is 4.79 Å². The predicted molar refractivity (Wildman–Crippen MR) is 93.2 cm³/mol. The first kappa shape index (κ1) is 16.9. The Labute approximate surface area is 140 Å². The highest BCUT2D eigenvalue weighted by molar-refractivity contribution is 9.10. The second kappa shape index (κ2) is 6.77. The van der Waals surface area contributed by atoms with Gasteiger partial charge in [-0.15, -0.1) is 0 Å². The van der Waals surface area contributed by atoms with Crippen molar-refractivity contribution in [1.82, 2.24) is 4.90 Å². The third-order valence-electron chi connectivity index (χ3n) is 3.48. The van der Waals surface area contributed by atoms with Gasteiger partial charge in [-0.3, -0.25) is 0 Å². The van der Waals surface area contributed by atoms with E-state index in [9.17, 15) is 4.79 Å². The Bertz CT molecular complexity index is 543. The summed E-state index contributed by atoms with van der Waals surface area (Å²) < 4.78 is 6.42. The number of halogens is 1. The lowest BCUT2D eigenvalue weighted by molar-refractivity contribution is 0.0263. The summed E-state index contributed by atoms with van der Waals surface area (Å²) >= 11 is 3.42. The van der Waals surface area contributed by atoms with Crippen molar-refractivity contribution in [2.75, 3.05) is 36.8 Å². The van der Waals surface area contributed by atoms with E-state index in [1.165, 1.54) is 0 Å². The number of nitrogens with zero attached hydrogens (tertiary/aromatic N) is 2. The van der Waals surface area contributed by atoms with Crippen molar-refractivity contribution < 1.29 is 9.53 Å². The quantitative estimate of drug-likeness (QED) is 0.769. The lowest BCUT2D eigenvalue weighted by Crippen LogP contribution is -2.39. The fourth-order valence-electron chi connectivity index (χ4n) is 2.48. The largest absolute Gasteiger partial charge is 0.444 e. The number of carbonyl (C=O) groups excluding carboxylic acids is 1. The molecule has 0 bridgehead atoms. The topological polar surface area (TPSA) is 58.8 Å². The number of amides is 1. The van der Waals surface area contributed by atoms with Crippen LogP contribution in [0.1, 0.15) is 27.2 Å². The summed E-state index contributed by atoms with van der Waals surface area (Å²) in [6.45, 7) is 8.65. The SMILES string of the molecule is CC(C)(C)OC(=O)N1CCCN(c2ccc(Br)cc2N)CC1. The fourth-order valence-corrected chi connectivity index (χ4v) is 2.86. The van der Waals surface area contributed by atoms with E-state index >= 15 is 0 Å². The first-order valence-corrected chi connectivity index (χ1v) is 8.33. The Kier molecular flexibility index (Phi) is 5.21. The van der Waals surface area contributed by atoms with Gasteiger partial charge in [0.2, 0.25) is 0 Å². The van der Waals surface area contributed by atoms with Crippen LogP contribution in [0, 0.1) is 0 Å². The zero-order valence-corrected chi connectivity index (χ0v) is 15.0. The molecule has 1 aliphatic heterocycles. The first-order chi connectivity index (χ1) is 10.3. The zero-order valence-electron chi connectivity index (χ0n) is 13.4. The van der Waals surface area contributed by atoms with Crippen LogP contribution in [0.5, 0.6) is 0 Å². The van der Waals surface area contributed by atoms with Crippen LogP contribution in [0.2, 0.25) is 0 Å². The van der Waals surface area contributed by atoms with E-state index in [0.717, 1.165) is 35.4 Å². The molecule has 1 aliphatic rings. The van der Waals surface area contributed by atoms with E-state index in [2.05, 4.69) is 20.8 Å². The standard InChI is InChI=1S/C16H24BrN3O2/c1-16(2,3)22-15(21)20-8-4-7-19(9-10-20)14-6-5-12(17)11-13(14)18/h5-6,11H,4,7-10,18H2,1-3H3. The normalized spacial score (nSPS) is 16.4. The third kappa shape index (κ3) is 4.53. The predicted octanol–water partition coefficient (Wildman–Crippen LogP) is 3.48. The van der Waals surface area contributed by atoms with Gasteiger partial charge in [0.05, 0.1) is 11.4 Å². The van der Waals surface area contributed by atoms with Gasteiger partial charge in [-0.05, 0) is 45.4 Å². The van der Waals surface area contributed by atoms with Gasteiger partial charge in [0, 0.05) is 30.7 Å². The van der Waals surface area contributed by atoms with E-state index < -0.39 is 5.60 Å². The highest BCUT2D eigenvalue weighted by atomic mass is 79.9. The van der Waals surface area contributed by atoms with Crippen LogP contribution in [0.15, 0.2) is 22.7 Å². The molecular formula is C16H24BrN3O2. The molecule has 1 heterocycles. The molecule has 1 fully saturated rings. The molecule has 0 aliphatic carbocycles.